The van der Waals surface area contributed by atoms with E-state index < -0.39 is 19.6 Å². The number of likely N-dealkylation sites (tertiary alicyclic amines) is 2. The van der Waals surface area contributed by atoms with Gasteiger partial charge in [-0.15, -0.1) is 0 Å². The van der Waals surface area contributed by atoms with Gasteiger partial charge in [-0.25, -0.2) is 4.79 Å². The molecule has 2 saturated heterocycles. The van der Waals surface area contributed by atoms with Crippen LogP contribution in [0.2, 0.25) is 0 Å². The topological polar surface area (TPSA) is 61.9 Å². The maximum Gasteiger partial charge on any atom is 0.409 e. The molecule has 2 aliphatic heterocycles. The summed E-state index contributed by atoms with van der Waals surface area (Å²) in [6.07, 6.45) is 7.88. The molecule has 1 spiro atoms. The lowest BCUT2D eigenvalue weighted by Crippen LogP contribution is -2.56. The van der Waals surface area contributed by atoms with Crippen LogP contribution in [0.5, 0.6) is 0 Å². The molecule has 1 N–H and O–H groups in total. The van der Waals surface area contributed by atoms with E-state index >= 15 is 0 Å². The summed E-state index contributed by atoms with van der Waals surface area (Å²) >= 11 is 0. The predicted molar refractivity (Wildman–Crippen MR) is 103 cm³/mol. The quantitative estimate of drug-likeness (QED) is 0.815. The molecule has 0 bridgehead atoms. The van der Waals surface area contributed by atoms with Crippen LogP contribution < -0.4 is 5.32 Å². The molecule has 0 atom stereocenters. The van der Waals surface area contributed by atoms with Crippen LogP contribution in [0.15, 0.2) is 0 Å². The number of ether oxygens (including phenoxy) is 1. The van der Waals surface area contributed by atoms with E-state index in [4.69, 9.17) is 8.85 Å². The van der Waals surface area contributed by atoms with Crippen molar-refractivity contribution in [2.45, 2.75) is 76.7 Å². The number of nitrogens with one attached hydrogen (secondary N) is 1. The number of rotatable bonds is 4. The van der Waals surface area contributed by atoms with Gasteiger partial charge in [0.15, 0.2) is 0 Å². The lowest BCUT2D eigenvalue weighted by molar-refractivity contribution is -0.130. The summed E-state index contributed by atoms with van der Waals surface area (Å²) in [6, 6.07) is 0.538. The lowest BCUT2D eigenvalue weighted by atomic mass is 9.64. The number of nitrogens with zero attached hydrogens (tertiary/aromatic N) is 2. The maximum atomic E-state index is 12.6. The van der Waals surface area contributed by atoms with E-state index in [1.54, 1.807) is 4.90 Å². The van der Waals surface area contributed by atoms with Crippen molar-refractivity contribution < 1.29 is 18.4 Å². The van der Waals surface area contributed by atoms with E-state index in [0.717, 1.165) is 58.0 Å². The standard InChI is InChI=1S/C21H35N3O3/c1-3-27-19(26)24-12-9-21(15-24)13-17(14-21)23-10-5-16(6-11-23)18(25)22-20(2)7-4-8-20/h16-17H,3-15H2,1-2H3,(H,22,25)/i1D3. The van der Waals surface area contributed by atoms with Gasteiger partial charge >= 0.3 is 6.09 Å². The lowest BCUT2D eigenvalue weighted by Gasteiger charge is -2.51. The van der Waals surface area contributed by atoms with E-state index in [1.807, 2.05) is 0 Å². The summed E-state index contributed by atoms with van der Waals surface area (Å²) in [7, 11) is 0. The normalized spacial score (nSPS) is 35.5. The Morgan fingerprint density at radius 2 is 1.93 bits per heavy atom. The number of amides is 2. The van der Waals surface area contributed by atoms with Gasteiger partial charge in [-0.2, -0.15) is 0 Å². The number of piperidine rings is 1. The fraction of sp³-hybridized carbons (Fsp3) is 0.905. The van der Waals surface area contributed by atoms with Crippen LogP contribution in [0.25, 0.3) is 0 Å². The number of hydrogen-bond donors (Lipinski definition) is 1. The highest BCUT2D eigenvalue weighted by atomic mass is 16.6. The van der Waals surface area contributed by atoms with Crippen LogP contribution in [-0.2, 0) is 9.53 Å². The third-order valence-corrected chi connectivity index (χ3v) is 7.53. The minimum Gasteiger partial charge on any atom is -0.450 e. The van der Waals surface area contributed by atoms with Crippen LogP contribution in [0.1, 0.15) is 69.3 Å². The van der Waals surface area contributed by atoms with Crippen molar-refractivity contribution in [3.8, 4) is 0 Å². The SMILES string of the molecule is [2H]C([2H])([2H])COC(=O)N1CCC2(CC(N3CCC(C(=O)NC4(C)CCC4)CC3)C2)C1. The van der Waals surface area contributed by atoms with Gasteiger partial charge in [0.05, 0.1) is 6.61 Å². The third kappa shape index (κ3) is 3.82. The summed E-state index contributed by atoms with van der Waals surface area (Å²) in [5.41, 5.74) is 0.199. The Bertz CT molecular complexity index is 666. The smallest absolute Gasteiger partial charge is 0.409 e. The molecule has 0 aromatic rings. The minimum absolute atomic E-state index is 0.0353. The van der Waals surface area contributed by atoms with Crippen molar-refractivity contribution in [2.75, 3.05) is 32.8 Å². The first-order valence-corrected chi connectivity index (χ1v) is 10.5. The molecule has 0 aromatic carbocycles. The molecule has 2 amide bonds. The minimum atomic E-state index is -2.24. The number of carbonyl (C=O) groups is 2. The van der Waals surface area contributed by atoms with Crippen molar-refractivity contribution >= 4 is 12.0 Å². The average molecular weight is 381 g/mol. The molecule has 2 saturated carbocycles. The molecule has 4 fully saturated rings. The van der Waals surface area contributed by atoms with E-state index in [-0.39, 0.29) is 22.8 Å². The van der Waals surface area contributed by atoms with E-state index in [2.05, 4.69) is 17.1 Å². The summed E-state index contributed by atoms with van der Waals surface area (Å²) in [5, 5.41) is 3.27. The monoisotopic (exact) mass is 380 g/mol. The largest absolute Gasteiger partial charge is 0.450 e. The number of carbonyl (C=O) groups excluding carboxylic acids is 2. The zero-order valence-corrected chi connectivity index (χ0v) is 16.5. The molecule has 4 rings (SSSR count). The highest BCUT2D eigenvalue weighted by Crippen LogP contribution is 2.50. The van der Waals surface area contributed by atoms with Crippen molar-refractivity contribution in [1.29, 1.82) is 0 Å². The molecule has 6 nitrogen and oxygen atoms in total. The Hall–Kier alpha value is -1.30. The second-order valence-corrected chi connectivity index (χ2v) is 9.50. The zero-order chi connectivity index (χ0) is 21.6. The first-order valence-electron chi connectivity index (χ1n) is 12.0. The van der Waals surface area contributed by atoms with Crippen LogP contribution in [0.3, 0.4) is 0 Å². The first-order chi connectivity index (χ1) is 14.1. The van der Waals surface area contributed by atoms with Gasteiger partial charge in [0.25, 0.3) is 0 Å². The molecule has 27 heavy (non-hydrogen) atoms. The van der Waals surface area contributed by atoms with E-state index in [1.165, 1.54) is 6.42 Å². The Labute approximate surface area is 167 Å². The highest BCUT2D eigenvalue weighted by molar-refractivity contribution is 5.79. The fourth-order valence-electron chi connectivity index (χ4n) is 5.53. The van der Waals surface area contributed by atoms with Gasteiger partial charge in [0, 0.05) is 34.7 Å². The summed E-state index contributed by atoms with van der Waals surface area (Å²) in [5.74, 6) is 0.381. The Kier molecular flexibility index (Phi) is 4.20. The Balaban J connectivity index is 1.17. The molecule has 0 unspecified atom stereocenters. The molecule has 2 aliphatic carbocycles. The summed E-state index contributed by atoms with van der Waals surface area (Å²) < 4.78 is 26.4. The van der Waals surface area contributed by atoms with Crippen LogP contribution in [0.4, 0.5) is 4.79 Å². The Morgan fingerprint density at radius 1 is 1.19 bits per heavy atom. The molecule has 6 heteroatoms. The van der Waals surface area contributed by atoms with Crippen molar-refractivity contribution in [2.24, 2.45) is 11.3 Å². The first kappa shape index (κ1) is 15.6. The second-order valence-electron chi connectivity index (χ2n) is 9.50. The van der Waals surface area contributed by atoms with Crippen LogP contribution in [-0.4, -0.2) is 66.2 Å². The predicted octanol–water partition coefficient (Wildman–Crippen LogP) is 2.77. The summed E-state index contributed by atoms with van der Waals surface area (Å²) in [6.45, 7) is 2.64. The van der Waals surface area contributed by atoms with Crippen LogP contribution >= 0.6 is 0 Å². The van der Waals surface area contributed by atoms with Crippen molar-refractivity contribution in [3.05, 3.63) is 0 Å². The highest BCUT2D eigenvalue weighted by Gasteiger charge is 2.51. The van der Waals surface area contributed by atoms with Crippen molar-refractivity contribution in [3.63, 3.8) is 0 Å². The van der Waals surface area contributed by atoms with Gasteiger partial charge in [-0.3, -0.25) is 4.79 Å². The number of hydrogen-bond acceptors (Lipinski definition) is 4. The van der Waals surface area contributed by atoms with Gasteiger partial charge in [-0.05, 0) is 83.6 Å². The molecular weight excluding hydrogens is 342 g/mol. The van der Waals surface area contributed by atoms with Gasteiger partial charge < -0.3 is 19.9 Å². The molecule has 2 heterocycles. The Morgan fingerprint density at radius 3 is 2.56 bits per heavy atom. The summed E-state index contributed by atoms with van der Waals surface area (Å²) in [4.78, 5) is 28.9. The van der Waals surface area contributed by atoms with Crippen molar-refractivity contribution in [1.82, 2.24) is 15.1 Å². The maximum absolute atomic E-state index is 12.6. The van der Waals surface area contributed by atoms with Gasteiger partial charge in [0.2, 0.25) is 5.91 Å². The molecule has 152 valence electrons. The molecule has 4 aliphatic rings. The van der Waals surface area contributed by atoms with Crippen LogP contribution in [0, 0.1) is 11.3 Å². The van der Waals surface area contributed by atoms with Gasteiger partial charge in [-0.1, -0.05) is 0 Å². The second kappa shape index (κ2) is 7.26. The van der Waals surface area contributed by atoms with E-state index in [9.17, 15) is 9.59 Å². The molecule has 0 aromatic heterocycles. The van der Waals surface area contributed by atoms with Gasteiger partial charge in [0.1, 0.15) is 0 Å². The third-order valence-electron chi connectivity index (χ3n) is 7.53. The van der Waals surface area contributed by atoms with E-state index in [0.29, 0.717) is 19.1 Å². The average Bonchev–Trinajstić information content (AvgIpc) is 3.09. The molecule has 0 radical (unpaired) electrons. The molecular formula is C21H35N3O3. The zero-order valence-electron chi connectivity index (χ0n) is 19.5. The fourth-order valence-corrected chi connectivity index (χ4v) is 5.53.